The summed E-state index contributed by atoms with van der Waals surface area (Å²) in [4.78, 5) is 15.9. The lowest BCUT2D eigenvalue weighted by atomic mass is 10.2. The Bertz CT molecular complexity index is 360. The molecule has 0 amide bonds. The van der Waals surface area contributed by atoms with Crippen LogP contribution in [0.15, 0.2) is 11.0 Å². The Balaban J connectivity index is 2.84. The lowest BCUT2D eigenvalue weighted by molar-refractivity contribution is 0.563. The van der Waals surface area contributed by atoms with Crippen molar-refractivity contribution in [1.29, 1.82) is 0 Å². The van der Waals surface area contributed by atoms with Crippen molar-refractivity contribution < 1.29 is 0 Å². The second-order valence-electron chi connectivity index (χ2n) is 3.32. The maximum Gasteiger partial charge on any atom is 0.266 e. The molecule has 1 aromatic heterocycles. The van der Waals surface area contributed by atoms with Crippen molar-refractivity contribution in [1.82, 2.24) is 9.55 Å². The van der Waals surface area contributed by atoms with Crippen LogP contribution in [0.2, 0.25) is 0 Å². The third kappa shape index (κ3) is 2.80. The Labute approximate surface area is 97.7 Å². The van der Waals surface area contributed by atoms with Gasteiger partial charge in [0.2, 0.25) is 0 Å². The van der Waals surface area contributed by atoms with Crippen LogP contribution in [0.3, 0.4) is 0 Å². The van der Waals surface area contributed by atoms with E-state index in [1.807, 2.05) is 29.5 Å². The van der Waals surface area contributed by atoms with Gasteiger partial charge in [-0.25, -0.2) is 4.98 Å². The maximum absolute atomic E-state index is 11.7. The quantitative estimate of drug-likeness (QED) is 0.632. The topological polar surface area (TPSA) is 34.9 Å². The standard InChI is InChI=1S/C10H15IN2O/c1-3-4-5-6-13-8(2)12-7-9(11)10(13)14/h7H,3-6H2,1-2H3. The van der Waals surface area contributed by atoms with Crippen LogP contribution in [0.5, 0.6) is 0 Å². The van der Waals surface area contributed by atoms with E-state index in [0.717, 1.165) is 25.2 Å². The predicted molar refractivity (Wildman–Crippen MR) is 65.5 cm³/mol. The van der Waals surface area contributed by atoms with Gasteiger partial charge in [-0.15, -0.1) is 0 Å². The van der Waals surface area contributed by atoms with Gasteiger partial charge in [-0.1, -0.05) is 19.8 Å². The van der Waals surface area contributed by atoms with E-state index in [0.29, 0.717) is 3.57 Å². The summed E-state index contributed by atoms with van der Waals surface area (Å²) in [6.45, 7) is 4.83. The van der Waals surface area contributed by atoms with E-state index in [1.165, 1.54) is 6.42 Å². The van der Waals surface area contributed by atoms with Gasteiger partial charge < -0.3 is 0 Å². The molecule has 1 rings (SSSR count). The highest BCUT2D eigenvalue weighted by Gasteiger charge is 2.03. The van der Waals surface area contributed by atoms with Crippen molar-refractivity contribution in [3.05, 3.63) is 25.9 Å². The van der Waals surface area contributed by atoms with E-state index in [2.05, 4.69) is 11.9 Å². The van der Waals surface area contributed by atoms with Crippen LogP contribution in [0.4, 0.5) is 0 Å². The molecule has 0 aliphatic rings. The van der Waals surface area contributed by atoms with Crippen LogP contribution in [0.25, 0.3) is 0 Å². The first-order chi connectivity index (χ1) is 6.66. The van der Waals surface area contributed by atoms with E-state index in [-0.39, 0.29) is 5.56 Å². The summed E-state index contributed by atoms with van der Waals surface area (Å²) in [6, 6.07) is 0. The first-order valence-electron chi connectivity index (χ1n) is 4.88. The summed E-state index contributed by atoms with van der Waals surface area (Å²) >= 11 is 2.03. The maximum atomic E-state index is 11.7. The van der Waals surface area contributed by atoms with E-state index in [9.17, 15) is 4.79 Å². The fourth-order valence-electron chi connectivity index (χ4n) is 1.33. The monoisotopic (exact) mass is 306 g/mol. The van der Waals surface area contributed by atoms with Crippen LogP contribution in [0.1, 0.15) is 32.0 Å². The number of rotatable bonds is 4. The molecule has 14 heavy (non-hydrogen) atoms. The van der Waals surface area contributed by atoms with Crippen molar-refractivity contribution in [3.8, 4) is 0 Å². The minimum absolute atomic E-state index is 0.0919. The summed E-state index contributed by atoms with van der Waals surface area (Å²) in [5.74, 6) is 0.812. The number of hydrogen-bond donors (Lipinski definition) is 0. The SMILES string of the molecule is CCCCCn1c(C)ncc(I)c1=O. The van der Waals surface area contributed by atoms with Gasteiger partial charge in [-0.3, -0.25) is 9.36 Å². The Kier molecular flexibility index (Phi) is 4.57. The van der Waals surface area contributed by atoms with Crippen LogP contribution in [-0.4, -0.2) is 9.55 Å². The molecule has 0 saturated carbocycles. The molecule has 0 atom stereocenters. The van der Waals surface area contributed by atoms with E-state index >= 15 is 0 Å². The molecular formula is C10H15IN2O. The molecule has 4 heteroatoms. The zero-order chi connectivity index (χ0) is 10.6. The number of aromatic nitrogens is 2. The van der Waals surface area contributed by atoms with Gasteiger partial charge in [0.1, 0.15) is 5.82 Å². The third-order valence-electron chi connectivity index (χ3n) is 2.19. The van der Waals surface area contributed by atoms with E-state index < -0.39 is 0 Å². The van der Waals surface area contributed by atoms with E-state index in [1.54, 1.807) is 10.8 Å². The number of hydrogen-bond acceptors (Lipinski definition) is 2. The molecule has 3 nitrogen and oxygen atoms in total. The number of nitrogens with zero attached hydrogens (tertiary/aromatic N) is 2. The van der Waals surface area contributed by atoms with Crippen LogP contribution in [0, 0.1) is 10.5 Å². The van der Waals surface area contributed by atoms with Crippen molar-refractivity contribution in [3.63, 3.8) is 0 Å². The molecular weight excluding hydrogens is 291 g/mol. The molecule has 1 heterocycles. The number of unbranched alkanes of at least 4 members (excludes halogenated alkanes) is 2. The van der Waals surface area contributed by atoms with Crippen molar-refractivity contribution >= 4 is 22.6 Å². The molecule has 0 aliphatic carbocycles. The highest BCUT2D eigenvalue weighted by molar-refractivity contribution is 14.1. The number of halogens is 1. The normalized spacial score (nSPS) is 10.5. The van der Waals surface area contributed by atoms with Crippen LogP contribution in [-0.2, 0) is 6.54 Å². The van der Waals surface area contributed by atoms with Gasteiger partial charge in [-0.2, -0.15) is 0 Å². The molecule has 0 aromatic carbocycles. The molecule has 0 N–H and O–H groups in total. The van der Waals surface area contributed by atoms with Gasteiger partial charge >= 0.3 is 0 Å². The smallest absolute Gasteiger partial charge is 0.266 e. The van der Waals surface area contributed by atoms with Crippen molar-refractivity contribution in [2.45, 2.75) is 39.7 Å². The first kappa shape index (κ1) is 11.7. The van der Waals surface area contributed by atoms with Gasteiger partial charge in [0, 0.05) is 12.7 Å². The van der Waals surface area contributed by atoms with Crippen LogP contribution < -0.4 is 5.56 Å². The summed E-state index contributed by atoms with van der Waals surface area (Å²) in [7, 11) is 0. The fourth-order valence-corrected chi connectivity index (χ4v) is 1.76. The van der Waals surface area contributed by atoms with Crippen molar-refractivity contribution in [2.24, 2.45) is 0 Å². The Morgan fingerprint density at radius 3 is 2.86 bits per heavy atom. The fraction of sp³-hybridized carbons (Fsp3) is 0.600. The van der Waals surface area contributed by atoms with Gasteiger partial charge in [-0.05, 0) is 35.9 Å². The molecule has 0 fully saturated rings. The Hall–Kier alpha value is -0.390. The molecule has 1 aromatic rings. The molecule has 0 bridgehead atoms. The zero-order valence-electron chi connectivity index (χ0n) is 8.59. The number of aryl methyl sites for hydroxylation is 1. The Morgan fingerprint density at radius 1 is 1.50 bits per heavy atom. The van der Waals surface area contributed by atoms with Gasteiger partial charge in [0.05, 0.1) is 3.57 Å². The lowest BCUT2D eigenvalue weighted by Gasteiger charge is -2.08. The summed E-state index contributed by atoms with van der Waals surface area (Å²) in [5.41, 5.74) is 0.0919. The minimum Gasteiger partial charge on any atom is -0.296 e. The first-order valence-corrected chi connectivity index (χ1v) is 5.96. The second-order valence-corrected chi connectivity index (χ2v) is 4.48. The third-order valence-corrected chi connectivity index (χ3v) is 2.93. The molecule has 0 spiro atoms. The largest absolute Gasteiger partial charge is 0.296 e. The average molecular weight is 306 g/mol. The predicted octanol–water partition coefficient (Wildman–Crippen LogP) is 2.35. The van der Waals surface area contributed by atoms with Gasteiger partial charge in [0.25, 0.3) is 5.56 Å². The second kappa shape index (κ2) is 5.48. The molecule has 0 radical (unpaired) electrons. The van der Waals surface area contributed by atoms with Crippen molar-refractivity contribution in [2.75, 3.05) is 0 Å². The zero-order valence-corrected chi connectivity index (χ0v) is 10.7. The summed E-state index contributed by atoms with van der Waals surface area (Å²) in [6.07, 6.45) is 5.02. The lowest BCUT2D eigenvalue weighted by Crippen LogP contribution is -2.25. The average Bonchev–Trinajstić information content (AvgIpc) is 2.18. The molecule has 0 aliphatic heterocycles. The molecule has 0 saturated heterocycles. The molecule has 0 unspecified atom stereocenters. The highest BCUT2D eigenvalue weighted by atomic mass is 127. The van der Waals surface area contributed by atoms with E-state index in [4.69, 9.17) is 0 Å². The Morgan fingerprint density at radius 2 is 2.21 bits per heavy atom. The summed E-state index contributed by atoms with van der Waals surface area (Å²) in [5, 5.41) is 0. The van der Waals surface area contributed by atoms with Gasteiger partial charge in [0.15, 0.2) is 0 Å². The van der Waals surface area contributed by atoms with Crippen LogP contribution >= 0.6 is 22.6 Å². The minimum atomic E-state index is 0.0919. The summed E-state index contributed by atoms with van der Waals surface area (Å²) < 4.78 is 2.46. The molecule has 78 valence electrons. The highest BCUT2D eigenvalue weighted by Crippen LogP contribution is 2.01.